The van der Waals surface area contributed by atoms with Crippen LogP contribution in [0.1, 0.15) is 15.9 Å². The number of aliphatic hydroxyl groups is 1. The zero-order chi connectivity index (χ0) is 15.4. The summed E-state index contributed by atoms with van der Waals surface area (Å²) in [5.74, 6) is 2.47. The number of nitrogens with zero attached hydrogens (tertiary/aromatic N) is 1. The van der Waals surface area contributed by atoms with Crippen molar-refractivity contribution in [2.75, 3.05) is 19.7 Å². The number of hydrogen-bond donors (Lipinski definition) is 2. The van der Waals surface area contributed by atoms with E-state index in [1.165, 1.54) is 6.07 Å². The Balaban J connectivity index is 2.34. The summed E-state index contributed by atoms with van der Waals surface area (Å²) in [6.45, 7) is -0.946. The van der Waals surface area contributed by atoms with E-state index in [9.17, 15) is 18.8 Å². The maximum Gasteiger partial charge on any atom is 0.256 e. The van der Waals surface area contributed by atoms with Gasteiger partial charge in [-0.15, -0.1) is 0 Å². The summed E-state index contributed by atoms with van der Waals surface area (Å²) in [4.78, 5) is 35.9. The monoisotopic (exact) mass is 290 g/mol. The van der Waals surface area contributed by atoms with Crippen molar-refractivity contribution in [2.24, 2.45) is 0 Å². The molecule has 2 N–H and O–H groups in total. The number of hydrogen-bond acceptors (Lipinski definition) is 4. The molecule has 0 spiro atoms. The number of rotatable bonds is 1. The van der Waals surface area contributed by atoms with Gasteiger partial charge in [0.2, 0.25) is 11.8 Å². The molecule has 0 saturated carbocycles. The van der Waals surface area contributed by atoms with Gasteiger partial charge in [0, 0.05) is 5.56 Å². The van der Waals surface area contributed by atoms with Gasteiger partial charge in [-0.25, -0.2) is 4.39 Å². The number of benzene rings is 1. The van der Waals surface area contributed by atoms with Crippen LogP contribution in [0.25, 0.3) is 0 Å². The summed E-state index contributed by atoms with van der Waals surface area (Å²) < 4.78 is 13.2. The molecule has 2 rings (SSSR count). The molecule has 6 nitrogen and oxygen atoms in total. The molecule has 1 saturated heterocycles. The maximum atomic E-state index is 13.2. The number of piperazine rings is 1. The molecule has 0 atom stereocenters. The van der Waals surface area contributed by atoms with Gasteiger partial charge in [0.05, 0.1) is 5.56 Å². The van der Waals surface area contributed by atoms with Crippen molar-refractivity contribution >= 4 is 17.7 Å². The van der Waals surface area contributed by atoms with Crippen LogP contribution < -0.4 is 5.32 Å². The topological polar surface area (TPSA) is 86.7 Å². The summed E-state index contributed by atoms with van der Waals surface area (Å²) in [7, 11) is 0. The van der Waals surface area contributed by atoms with E-state index >= 15 is 0 Å². The number of nitrogens with one attached hydrogen (secondary N) is 1. The number of halogens is 1. The minimum absolute atomic E-state index is 0.0693. The fraction of sp³-hybridized carbons (Fsp3) is 0.214. The van der Waals surface area contributed by atoms with Crippen LogP contribution >= 0.6 is 0 Å². The minimum atomic E-state index is -0.597. The summed E-state index contributed by atoms with van der Waals surface area (Å²) >= 11 is 0. The molecule has 0 radical (unpaired) electrons. The molecular formula is C14H11FN2O4. The van der Waals surface area contributed by atoms with Crippen LogP contribution in [-0.2, 0) is 9.59 Å². The van der Waals surface area contributed by atoms with E-state index in [0.717, 1.165) is 17.0 Å². The van der Waals surface area contributed by atoms with Gasteiger partial charge < -0.3 is 10.0 Å². The Kier molecular flexibility index (Phi) is 4.30. The van der Waals surface area contributed by atoms with Gasteiger partial charge in [-0.2, -0.15) is 0 Å². The molecule has 1 aliphatic heterocycles. The summed E-state index contributed by atoms with van der Waals surface area (Å²) in [5, 5.41) is 10.8. The highest BCUT2D eigenvalue weighted by Crippen LogP contribution is 2.14. The van der Waals surface area contributed by atoms with Gasteiger partial charge in [-0.1, -0.05) is 11.8 Å². The normalized spacial score (nSPS) is 14.3. The highest BCUT2D eigenvalue weighted by molar-refractivity contribution is 6.06. The number of carbonyl (C=O) groups excluding carboxylic acids is 3. The Morgan fingerprint density at radius 3 is 2.62 bits per heavy atom. The third-order valence-corrected chi connectivity index (χ3v) is 2.75. The van der Waals surface area contributed by atoms with Crippen molar-refractivity contribution in [2.45, 2.75) is 0 Å². The average Bonchev–Trinajstić information content (AvgIpc) is 2.43. The minimum Gasteiger partial charge on any atom is -0.384 e. The zero-order valence-corrected chi connectivity index (χ0v) is 10.9. The molecule has 1 aromatic rings. The quantitative estimate of drug-likeness (QED) is 0.527. The molecule has 0 unspecified atom stereocenters. The van der Waals surface area contributed by atoms with E-state index in [1.807, 2.05) is 0 Å². The largest absolute Gasteiger partial charge is 0.384 e. The fourth-order valence-corrected chi connectivity index (χ4v) is 1.89. The van der Waals surface area contributed by atoms with Crippen LogP contribution in [-0.4, -0.2) is 47.4 Å². The first-order chi connectivity index (χ1) is 10.0. The second-order valence-electron chi connectivity index (χ2n) is 4.28. The van der Waals surface area contributed by atoms with E-state index in [2.05, 4.69) is 17.2 Å². The Hall–Kier alpha value is -2.72. The number of aliphatic hydroxyl groups excluding tert-OH is 1. The Morgan fingerprint density at radius 2 is 2.00 bits per heavy atom. The molecule has 7 heteroatoms. The van der Waals surface area contributed by atoms with Gasteiger partial charge >= 0.3 is 0 Å². The highest BCUT2D eigenvalue weighted by atomic mass is 19.1. The Morgan fingerprint density at radius 1 is 1.33 bits per heavy atom. The lowest BCUT2D eigenvalue weighted by atomic mass is 10.1. The van der Waals surface area contributed by atoms with Crippen LogP contribution in [0.15, 0.2) is 18.2 Å². The number of imide groups is 1. The molecule has 21 heavy (non-hydrogen) atoms. The lowest BCUT2D eigenvalue weighted by Gasteiger charge is -2.25. The van der Waals surface area contributed by atoms with Crippen molar-refractivity contribution in [1.29, 1.82) is 0 Å². The second kappa shape index (κ2) is 6.15. The van der Waals surface area contributed by atoms with E-state index in [1.54, 1.807) is 0 Å². The predicted octanol–water partition coefficient (Wildman–Crippen LogP) is -0.732. The molecule has 0 bridgehead atoms. The molecule has 1 aliphatic rings. The summed E-state index contributed by atoms with van der Waals surface area (Å²) in [6.07, 6.45) is 0. The lowest BCUT2D eigenvalue weighted by Crippen LogP contribution is -2.53. The van der Waals surface area contributed by atoms with Crippen LogP contribution in [0.4, 0.5) is 4.39 Å². The highest BCUT2D eigenvalue weighted by Gasteiger charge is 2.28. The van der Waals surface area contributed by atoms with Gasteiger partial charge in [0.25, 0.3) is 5.91 Å². The Bertz CT molecular complexity index is 659. The third kappa shape index (κ3) is 3.43. The molecule has 108 valence electrons. The first kappa shape index (κ1) is 14.7. The summed E-state index contributed by atoms with van der Waals surface area (Å²) in [6, 6.07) is 3.38. The molecule has 0 aliphatic carbocycles. The van der Waals surface area contributed by atoms with E-state index in [0.29, 0.717) is 0 Å². The zero-order valence-electron chi connectivity index (χ0n) is 10.9. The van der Waals surface area contributed by atoms with E-state index in [-0.39, 0.29) is 24.2 Å². The number of carbonyl (C=O) groups is 3. The van der Waals surface area contributed by atoms with Crippen molar-refractivity contribution in [3.05, 3.63) is 35.1 Å². The van der Waals surface area contributed by atoms with Gasteiger partial charge in [0.15, 0.2) is 0 Å². The third-order valence-electron chi connectivity index (χ3n) is 2.75. The molecule has 1 heterocycles. The molecule has 1 fully saturated rings. The van der Waals surface area contributed by atoms with Crippen LogP contribution in [0.2, 0.25) is 0 Å². The van der Waals surface area contributed by atoms with Crippen molar-refractivity contribution in [1.82, 2.24) is 10.2 Å². The van der Waals surface area contributed by atoms with E-state index in [4.69, 9.17) is 5.11 Å². The predicted molar refractivity (Wildman–Crippen MR) is 69.4 cm³/mol. The smallest absolute Gasteiger partial charge is 0.256 e. The molecule has 0 aromatic heterocycles. The van der Waals surface area contributed by atoms with Gasteiger partial charge in [-0.3, -0.25) is 19.7 Å². The summed E-state index contributed by atoms with van der Waals surface area (Å²) in [5.41, 5.74) is 0.160. The van der Waals surface area contributed by atoms with Crippen LogP contribution in [0, 0.1) is 17.7 Å². The van der Waals surface area contributed by atoms with Gasteiger partial charge in [-0.05, 0) is 18.2 Å². The standard InChI is InChI=1S/C14H11FN2O4/c15-10-3-4-11(9(6-10)2-1-5-18)14(21)17-7-12(19)16-13(20)8-17/h3-4,6,18H,5,7-8H2,(H,16,19,20). The Labute approximate surface area is 119 Å². The molecule has 1 aromatic carbocycles. The molecule has 3 amide bonds. The van der Waals surface area contributed by atoms with Crippen molar-refractivity contribution < 1.29 is 23.9 Å². The van der Waals surface area contributed by atoms with Crippen molar-refractivity contribution in [3.8, 4) is 11.8 Å². The first-order valence-corrected chi connectivity index (χ1v) is 6.02. The molecular weight excluding hydrogens is 279 g/mol. The van der Waals surface area contributed by atoms with Crippen LogP contribution in [0.5, 0.6) is 0 Å². The van der Waals surface area contributed by atoms with E-state index < -0.39 is 30.1 Å². The lowest BCUT2D eigenvalue weighted by molar-refractivity contribution is -0.135. The average molecular weight is 290 g/mol. The SMILES string of the molecule is O=C1CN(C(=O)c2ccc(F)cc2C#CCO)CC(=O)N1. The second-order valence-corrected chi connectivity index (χ2v) is 4.28. The van der Waals surface area contributed by atoms with Crippen LogP contribution in [0.3, 0.4) is 0 Å². The number of amides is 3. The first-order valence-electron chi connectivity index (χ1n) is 6.02. The van der Waals surface area contributed by atoms with Gasteiger partial charge in [0.1, 0.15) is 25.5 Å². The van der Waals surface area contributed by atoms with Crippen molar-refractivity contribution in [3.63, 3.8) is 0 Å². The maximum absolute atomic E-state index is 13.2. The fourth-order valence-electron chi connectivity index (χ4n) is 1.89.